The van der Waals surface area contributed by atoms with Gasteiger partial charge in [-0.2, -0.15) is 0 Å². The number of hydrogen-bond acceptors (Lipinski definition) is 4. The first kappa shape index (κ1) is 13.0. The lowest BCUT2D eigenvalue weighted by atomic mass is 10.6. The molecule has 5 heteroatoms. The van der Waals surface area contributed by atoms with E-state index in [2.05, 4.69) is 9.97 Å². The fourth-order valence-corrected chi connectivity index (χ4v) is 1.66. The van der Waals surface area contributed by atoms with Crippen LogP contribution in [-0.2, 0) is 9.84 Å². The minimum Gasteiger partial charge on any atom is -0.243 e. The first-order valence-corrected chi connectivity index (χ1v) is 6.08. The van der Waals surface area contributed by atoms with Gasteiger partial charge in [0.2, 0.25) is 0 Å². The molecule has 1 aromatic heterocycles. The molecule has 0 aliphatic heterocycles. The summed E-state index contributed by atoms with van der Waals surface area (Å²) in [5.41, 5.74) is 0. The zero-order chi connectivity index (χ0) is 11.2. The van der Waals surface area contributed by atoms with Crippen molar-refractivity contribution in [3.8, 4) is 0 Å². The Morgan fingerprint density at radius 3 is 1.93 bits per heavy atom. The quantitative estimate of drug-likeness (QED) is 0.754. The van der Waals surface area contributed by atoms with Gasteiger partial charge in [0.1, 0.15) is 11.2 Å². The molecule has 1 heterocycles. The van der Waals surface area contributed by atoms with Crippen LogP contribution in [-0.4, -0.2) is 23.6 Å². The van der Waals surface area contributed by atoms with E-state index in [1.165, 1.54) is 18.7 Å². The minimum absolute atomic E-state index is 0.181. The van der Waals surface area contributed by atoms with Crippen molar-refractivity contribution in [3.63, 3.8) is 0 Å². The predicted octanol–water partition coefficient (Wildman–Crippen LogP) is 1.68. The van der Waals surface area contributed by atoms with Crippen molar-refractivity contribution in [2.45, 2.75) is 37.8 Å². The molecule has 0 saturated carbocycles. The molecule has 0 N–H and O–H groups in total. The summed E-state index contributed by atoms with van der Waals surface area (Å²) in [6.07, 6.45) is 3.92. The van der Waals surface area contributed by atoms with Crippen LogP contribution in [0, 0.1) is 0 Å². The fourth-order valence-electron chi connectivity index (χ4n) is 0.705. The summed E-state index contributed by atoms with van der Waals surface area (Å²) in [7, 11) is -3.20. The van der Waals surface area contributed by atoms with E-state index < -0.39 is 15.1 Å². The molecule has 0 fully saturated rings. The van der Waals surface area contributed by atoms with Crippen LogP contribution in [0.3, 0.4) is 0 Å². The maximum Gasteiger partial charge on any atom is 0.183 e. The van der Waals surface area contributed by atoms with Crippen LogP contribution in [0.25, 0.3) is 0 Å². The molecule has 0 saturated heterocycles. The van der Waals surface area contributed by atoms with Gasteiger partial charge < -0.3 is 0 Å². The highest BCUT2D eigenvalue weighted by Crippen LogP contribution is 2.12. The van der Waals surface area contributed by atoms with Crippen LogP contribution in [0.4, 0.5) is 0 Å². The van der Waals surface area contributed by atoms with Gasteiger partial charge in [-0.3, -0.25) is 0 Å². The Kier molecular flexibility index (Phi) is 5.30. The summed E-state index contributed by atoms with van der Waals surface area (Å²) in [6, 6.07) is 0. The molecule has 4 nitrogen and oxygen atoms in total. The maximum atomic E-state index is 11.5. The van der Waals surface area contributed by atoms with E-state index in [1.807, 2.05) is 13.8 Å². The Bertz CT molecular complexity index is 346. The van der Waals surface area contributed by atoms with Gasteiger partial charge in [0.25, 0.3) is 0 Å². The van der Waals surface area contributed by atoms with Gasteiger partial charge in [-0.25, -0.2) is 18.4 Å². The van der Waals surface area contributed by atoms with E-state index in [4.69, 9.17) is 0 Å². The van der Waals surface area contributed by atoms with Gasteiger partial charge in [0.05, 0.1) is 5.25 Å². The van der Waals surface area contributed by atoms with Crippen LogP contribution in [0.5, 0.6) is 0 Å². The van der Waals surface area contributed by atoms with Gasteiger partial charge in [0.15, 0.2) is 9.84 Å². The summed E-state index contributed by atoms with van der Waals surface area (Å²) in [4.78, 5) is 7.47. The molecular weight excluding hydrogens is 200 g/mol. The van der Waals surface area contributed by atoms with Crippen molar-refractivity contribution in [3.05, 3.63) is 18.7 Å². The van der Waals surface area contributed by atoms with Crippen LogP contribution < -0.4 is 0 Å². The molecule has 0 bridgehead atoms. The molecule has 0 aromatic carbocycles. The molecule has 0 aliphatic carbocycles. The van der Waals surface area contributed by atoms with E-state index in [-0.39, 0.29) is 4.90 Å². The highest BCUT2D eigenvalue weighted by molar-refractivity contribution is 7.92. The number of sulfone groups is 1. The highest BCUT2D eigenvalue weighted by Gasteiger charge is 2.18. The van der Waals surface area contributed by atoms with E-state index >= 15 is 0 Å². The van der Waals surface area contributed by atoms with Gasteiger partial charge >= 0.3 is 0 Å². The van der Waals surface area contributed by atoms with E-state index in [0.29, 0.717) is 0 Å². The van der Waals surface area contributed by atoms with E-state index in [9.17, 15) is 8.42 Å². The molecule has 0 amide bonds. The van der Waals surface area contributed by atoms with Crippen molar-refractivity contribution in [1.82, 2.24) is 9.97 Å². The first-order valence-electron chi connectivity index (χ1n) is 4.54. The van der Waals surface area contributed by atoms with E-state index in [1.54, 1.807) is 13.8 Å². The van der Waals surface area contributed by atoms with Crippen molar-refractivity contribution in [2.24, 2.45) is 0 Å². The van der Waals surface area contributed by atoms with Crippen molar-refractivity contribution in [1.29, 1.82) is 0 Å². The molecule has 14 heavy (non-hydrogen) atoms. The molecule has 0 aliphatic rings. The topological polar surface area (TPSA) is 59.9 Å². The third-order valence-electron chi connectivity index (χ3n) is 1.49. The standard InChI is InChI=1S/C7H10N2O2S.C2H6/c1-6(2)12(10,11)7-3-8-5-9-4-7;1-2/h3-6H,1-2H3;1-2H3. The molecule has 0 atom stereocenters. The Morgan fingerprint density at radius 1 is 1.14 bits per heavy atom. The SMILES string of the molecule is CC.CC(C)S(=O)(=O)c1cncnc1. The van der Waals surface area contributed by atoms with Gasteiger partial charge in [-0.1, -0.05) is 13.8 Å². The zero-order valence-corrected chi connectivity index (χ0v) is 9.75. The van der Waals surface area contributed by atoms with Crippen LogP contribution in [0.1, 0.15) is 27.7 Å². The molecule has 0 spiro atoms. The number of nitrogens with zero attached hydrogens (tertiary/aromatic N) is 2. The second kappa shape index (κ2) is 5.70. The third-order valence-corrected chi connectivity index (χ3v) is 3.60. The summed E-state index contributed by atoms with van der Waals surface area (Å²) < 4.78 is 22.9. The Hall–Kier alpha value is -0.970. The third kappa shape index (κ3) is 3.06. The summed E-state index contributed by atoms with van der Waals surface area (Å²) in [5, 5.41) is -0.427. The van der Waals surface area contributed by atoms with Gasteiger partial charge in [-0.05, 0) is 13.8 Å². The van der Waals surface area contributed by atoms with Crippen molar-refractivity contribution < 1.29 is 8.42 Å². The van der Waals surface area contributed by atoms with Crippen LogP contribution in [0.15, 0.2) is 23.6 Å². The Balaban J connectivity index is 0.000000791. The maximum absolute atomic E-state index is 11.5. The number of aromatic nitrogens is 2. The second-order valence-corrected chi connectivity index (χ2v) is 5.17. The largest absolute Gasteiger partial charge is 0.243 e. The van der Waals surface area contributed by atoms with Crippen LogP contribution in [0.2, 0.25) is 0 Å². The smallest absolute Gasteiger partial charge is 0.183 e. The second-order valence-electron chi connectivity index (χ2n) is 2.67. The average Bonchev–Trinajstić information content (AvgIpc) is 2.22. The first-order chi connectivity index (χ1) is 6.55. The number of rotatable bonds is 2. The predicted molar refractivity (Wildman–Crippen MR) is 55.7 cm³/mol. The monoisotopic (exact) mass is 216 g/mol. The summed E-state index contributed by atoms with van der Waals surface area (Å²) in [5.74, 6) is 0. The molecule has 0 unspecified atom stereocenters. The Labute approximate surface area is 85.3 Å². The molecular formula is C9H16N2O2S. The van der Waals surface area contributed by atoms with Crippen molar-refractivity contribution >= 4 is 9.84 Å². The minimum atomic E-state index is -3.20. The summed E-state index contributed by atoms with van der Waals surface area (Å²) in [6.45, 7) is 7.25. The van der Waals surface area contributed by atoms with Crippen molar-refractivity contribution in [2.75, 3.05) is 0 Å². The highest BCUT2D eigenvalue weighted by atomic mass is 32.2. The average molecular weight is 216 g/mol. The lowest BCUT2D eigenvalue weighted by Gasteiger charge is -2.05. The summed E-state index contributed by atoms with van der Waals surface area (Å²) >= 11 is 0. The molecule has 0 radical (unpaired) electrons. The molecule has 1 rings (SSSR count). The fraction of sp³-hybridized carbons (Fsp3) is 0.556. The van der Waals surface area contributed by atoms with E-state index in [0.717, 1.165) is 0 Å². The normalized spacial score (nSPS) is 10.6. The van der Waals surface area contributed by atoms with Gasteiger partial charge in [0, 0.05) is 12.4 Å². The molecule has 1 aromatic rings. The zero-order valence-electron chi connectivity index (χ0n) is 8.93. The van der Waals surface area contributed by atoms with Gasteiger partial charge in [-0.15, -0.1) is 0 Å². The lowest BCUT2D eigenvalue weighted by Crippen LogP contribution is -2.14. The lowest BCUT2D eigenvalue weighted by molar-refractivity contribution is 0.586. The Morgan fingerprint density at radius 2 is 1.57 bits per heavy atom. The number of hydrogen-bond donors (Lipinski definition) is 0. The van der Waals surface area contributed by atoms with Crippen LogP contribution >= 0.6 is 0 Å². The molecule has 80 valence electrons.